The highest BCUT2D eigenvalue weighted by atomic mass is 35.5. The number of nitrogens with one attached hydrogen (secondary N) is 1. The maximum absolute atomic E-state index is 12.2. The molecule has 0 unspecified atom stereocenters. The fraction of sp³-hybridized carbons (Fsp3) is 0.278. The van der Waals surface area contributed by atoms with Crippen LogP contribution in [0.3, 0.4) is 0 Å². The summed E-state index contributed by atoms with van der Waals surface area (Å²) in [7, 11) is -1.94. The van der Waals surface area contributed by atoms with Crippen LogP contribution in [0.1, 0.15) is 12.0 Å². The van der Waals surface area contributed by atoms with Gasteiger partial charge in [0.1, 0.15) is 5.75 Å². The second kappa shape index (κ2) is 9.02. The molecule has 6 nitrogen and oxygen atoms in total. The number of sulfonamides is 1. The molecule has 0 aliphatic carbocycles. The van der Waals surface area contributed by atoms with E-state index < -0.39 is 10.0 Å². The Bertz CT molecular complexity index is 871. The Morgan fingerprint density at radius 2 is 1.92 bits per heavy atom. The summed E-state index contributed by atoms with van der Waals surface area (Å²) < 4.78 is 30.4. The summed E-state index contributed by atoms with van der Waals surface area (Å²) in [6.45, 7) is 0.171. The van der Waals surface area contributed by atoms with Crippen LogP contribution in [0.4, 0.5) is 5.69 Å². The van der Waals surface area contributed by atoms with E-state index in [-0.39, 0.29) is 25.4 Å². The molecule has 0 aliphatic heterocycles. The van der Waals surface area contributed by atoms with Crippen molar-refractivity contribution in [3.63, 3.8) is 0 Å². The Morgan fingerprint density at radius 3 is 2.58 bits per heavy atom. The molecule has 140 valence electrons. The number of amides is 1. The van der Waals surface area contributed by atoms with Gasteiger partial charge in [0.05, 0.1) is 13.4 Å². The van der Waals surface area contributed by atoms with Crippen molar-refractivity contribution >= 4 is 33.2 Å². The zero-order valence-corrected chi connectivity index (χ0v) is 16.2. The zero-order valence-electron chi connectivity index (χ0n) is 14.6. The summed E-state index contributed by atoms with van der Waals surface area (Å²) in [6, 6.07) is 14.0. The molecule has 2 aromatic rings. The first kappa shape index (κ1) is 20.2. The van der Waals surface area contributed by atoms with Crippen molar-refractivity contribution in [2.45, 2.75) is 13.0 Å². The minimum Gasteiger partial charge on any atom is -0.497 e. The maximum Gasteiger partial charge on any atom is 0.225 e. The molecular weight excluding hydrogens is 376 g/mol. The monoisotopic (exact) mass is 396 g/mol. The molecule has 0 spiro atoms. The first-order valence-electron chi connectivity index (χ1n) is 7.92. The predicted octanol–water partition coefficient (Wildman–Crippen LogP) is 3.14. The van der Waals surface area contributed by atoms with E-state index in [1.54, 1.807) is 55.6 Å². The van der Waals surface area contributed by atoms with E-state index in [4.69, 9.17) is 16.3 Å². The van der Waals surface area contributed by atoms with Crippen molar-refractivity contribution < 1.29 is 17.9 Å². The van der Waals surface area contributed by atoms with Crippen LogP contribution in [0, 0.1) is 0 Å². The molecule has 2 rings (SSSR count). The minimum atomic E-state index is -3.48. The molecule has 8 heteroatoms. The van der Waals surface area contributed by atoms with Gasteiger partial charge in [-0.25, -0.2) is 8.42 Å². The van der Waals surface area contributed by atoms with Crippen LogP contribution in [-0.2, 0) is 21.4 Å². The number of halogens is 1. The summed E-state index contributed by atoms with van der Waals surface area (Å²) in [5, 5.41) is 3.22. The van der Waals surface area contributed by atoms with Crippen molar-refractivity contribution in [2.75, 3.05) is 25.2 Å². The Labute approximate surface area is 158 Å². The van der Waals surface area contributed by atoms with Crippen LogP contribution in [-0.4, -0.2) is 38.5 Å². The van der Waals surface area contributed by atoms with E-state index in [1.165, 1.54) is 4.31 Å². The van der Waals surface area contributed by atoms with Gasteiger partial charge in [-0.2, -0.15) is 4.31 Å². The summed E-state index contributed by atoms with van der Waals surface area (Å²) in [4.78, 5) is 12.2. The minimum absolute atomic E-state index is 0.0226. The van der Waals surface area contributed by atoms with Gasteiger partial charge in [-0.15, -0.1) is 0 Å². The average Bonchev–Trinajstić information content (AvgIpc) is 2.59. The standard InChI is InChI=1S/C18H21ClN2O4S/c1-25-16-8-5-7-15(12-16)20-18(22)10-11-21(26(2,23)24)13-14-6-3-4-9-17(14)19/h3-9,12H,10-11,13H2,1-2H3,(H,20,22). The summed E-state index contributed by atoms with van der Waals surface area (Å²) >= 11 is 6.10. The van der Waals surface area contributed by atoms with Crippen molar-refractivity contribution in [3.8, 4) is 5.75 Å². The molecule has 0 fully saturated rings. The topological polar surface area (TPSA) is 75.7 Å². The number of methoxy groups -OCH3 is 1. The van der Waals surface area contributed by atoms with Gasteiger partial charge in [-0.05, 0) is 23.8 Å². The van der Waals surface area contributed by atoms with Crippen molar-refractivity contribution in [3.05, 3.63) is 59.1 Å². The Balaban J connectivity index is 2.00. The molecule has 0 bridgehead atoms. The SMILES string of the molecule is COc1cccc(NC(=O)CCN(Cc2ccccc2Cl)S(C)(=O)=O)c1. The Hall–Kier alpha value is -2.09. The number of ether oxygens (including phenoxy) is 1. The first-order valence-corrected chi connectivity index (χ1v) is 10.1. The van der Waals surface area contributed by atoms with E-state index >= 15 is 0 Å². The third-order valence-electron chi connectivity index (χ3n) is 3.72. The smallest absolute Gasteiger partial charge is 0.225 e. The van der Waals surface area contributed by atoms with Gasteiger partial charge in [0.25, 0.3) is 0 Å². The van der Waals surface area contributed by atoms with Gasteiger partial charge in [0, 0.05) is 36.3 Å². The van der Waals surface area contributed by atoms with Crippen LogP contribution in [0.15, 0.2) is 48.5 Å². The molecule has 0 radical (unpaired) electrons. The Kier molecular flexibility index (Phi) is 7.02. The first-order chi connectivity index (χ1) is 12.3. The normalized spacial score (nSPS) is 11.4. The van der Waals surface area contributed by atoms with Crippen LogP contribution in [0.5, 0.6) is 5.75 Å². The molecule has 1 amide bonds. The largest absolute Gasteiger partial charge is 0.497 e. The van der Waals surface area contributed by atoms with E-state index in [9.17, 15) is 13.2 Å². The van der Waals surface area contributed by atoms with Gasteiger partial charge in [0.15, 0.2) is 0 Å². The lowest BCUT2D eigenvalue weighted by Gasteiger charge is -2.20. The van der Waals surface area contributed by atoms with E-state index in [1.807, 2.05) is 0 Å². The number of benzene rings is 2. The lowest BCUT2D eigenvalue weighted by molar-refractivity contribution is -0.116. The number of carbonyl (C=O) groups is 1. The lowest BCUT2D eigenvalue weighted by Crippen LogP contribution is -2.32. The molecule has 2 aromatic carbocycles. The molecule has 0 aliphatic rings. The fourth-order valence-corrected chi connectivity index (χ4v) is 3.32. The zero-order chi connectivity index (χ0) is 19.2. The van der Waals surface area contributed by atoms with Crippen LogP contribution < -0.4 is 10.1 Å². The van der Waals surface area contributed by atoms with Crippen LogP contribution in [0.2, 0.25) is 5.02 Å². The average molecular weight is 397 g/mol. The molecule has 1 N–H and O–H groups in total. The quantitative estimate of drug-likeness (QED) is 0.743. The van der Waals surface area contributed by atoms with Gasteiger partial charge in [-0.3, -0.25) is 4.79 Å². The van der Waals surface area contributed by atoms with E-state index in [0.717, 1.165) is 6.26 Å². The van der Waals surface area contributed by atoms with E-state index in [2.05, 4.69) is 5.32 Å². The predicted molar refractivity (Wildman–Crippen MR) is 103 cm³/mol. The number of nitrogens with zero attached hydrogens (tertiary/aromatic N) is 1. The summed E-state index contributed by atoms with van der Waals surface area (Å²) in [6.07, 6.45) is 1.14. The molecule has 0 aromatic heterocycles. The van der Waals surface area contributed by atoms with Crippen LogP contribution in [0.25, 0.3) is 0 Å². The Morgan fingerprint density at radius 1 is 1.19 bits per heavy atom. The summed E-state index contributed by atoms with van der Waals surface area (Å²) in [5.41, 5.74) is 1.28. The second-order valence-electron chi connectivity index (χ2n) is 5.72. The highest BCUT2D eigenvalue weighted by molar-refractivity contribution is 7.88. The number of hydrogen-bond acceptors (Lipinski definition) is 4. The van der Waals surface area contributed by atoms with Gasteiger partial charge in [0.2, 0.25) is 15.9 Å². The van der Waals surface area contributed by atoms with Gasteiger partial charge >= 0.3 is 0 Å². The molecule has 0 saturated heterocycles. The number of rotatable bonds is 8. The summed E-state index contributed by atoms with van der Waals surface area (Å²) in [5.74, 6) is 0.338. The van der Waals surface area contributed by atoms with E-state index in [0.29, 0.717) is 22.0 Å². The number of anilines is 1. The maximum atomic E-state index is 12.2. The number of hydrogen-bond donors (Lipinski definition) is 1. The molecule has 26 heavy (non-hydrogen) atoms. The highest BCUT2D eigenvalue weighted by Gasteiger charge is 2.19. The molecule has 0 atom stereocenters. The van der Waals surface area contributed by atoms with Gasteiger partial charge in [-0.1, -0.05) is 35.9 Å². The fourth-order valence-electron chi connectivity index (χ4n) is 2.33. The van der Waals surface area contributed by atoms with Crippen LogP contribution >= 0.6 is 11.6 Å². The highest BCUT2D eigenvalue weighted by Crippen LogP contribution is 2.19. The third-order valence-corrected chi connectivity index (χ3v) is 5.33. The van der Waals surface area contributed by atoms with Crippen molar-refractivity contribution in [1.29, 1.82) is 0 Å². The second-order valence-corrected chi connectivity index (χ2v) is 8.11. The molecule has 0 heterocycles. The molecular formula is C18H21ClN2O4S. The molecule has 0 saturated carbocycles. The van der Waals surface area contributed by atoms with Crippen molar-refractivity contribution in [1.82, 2.24) is 4.31 Å². The lowest BCUT2D eigenvalue weighted by atomic mass is 10.2. The van der Waals surface area contributed by atoms with Gasteiger partial charge < -0.3 is 10.1 Å². The van der Waals surface area contributed by atoms with Crippen molar-refractivity contribution in [2.24, 2.45) is 0 Å². The third kappa shape index (κ3) is 6.01. The number of carbonyl (C=O) groups excluding carboxylic acids is 1.